The molecule has 0 aliphatic rings. The van der Waals surface area contributed by atoms with Crippen LogP contribution in [0.1, 0.15) is 11.3 Å². The second-order valence-electron chi connectivity index (χ2n) is 4.52. The number of sulfonamides is 1. The highest BCUT2D eigenvalue weighted by Crippen LogP contribution is 2.22. The Morgan fingerprint density at radius 3 is 2.76 bits per heavy atom. The van der Waals surface area contributed by atoms with Crippen molar-refractivity contribution >= 4 is 21.6 Å². The number of furan rings is 1. The molecule has 0 fully saturated rings. The normalized spacial score (nSPS) is 11.7. The fraction of sp³-hybridized carbons (Fsp3) is 0.286. The highest BCUT2D eigenvalue weighted by molar-refractivity contribution is 7.89. The molecule has 2 N–H and O–H groups in total. The number of benzene rings is 1. The minimum atomic E-state index is -3.64. The van der Waals surface area contributed by atoms with E-state index in [0.29, 0.717) is 13.0 Å². The van der Waals surface area contributed by atoms with Gasteiger partial charge in [-0.15, -0.1) is 0 Å². The van der Waals surface area contributed by atoms with Gasteiger partial charge in [0.2, 0.25) is 10.0 Å². The van der Waals surface area contributed by atoms with Crippen molar-refractivity contribution in [3.63, 3.8) is 0 Å². The number of hydrogen-bond donors (Lipinski definition) is 2. The molecule has 1 heterocycles. The SMILES string of the molecule is CNCc1ccc(Cl)c(S(=O)(=O)NCCc2ccco2)c1. The zero-order chi connectivity index (χ0) is 15.3. The van der Waals surface area contributed by atoms with Crippen molar-refractivity contribution in [1.29, 1.82) is 0 Å². The molecule has 0 atom stereocenters. The lowest BCUT2D eigenvalue weighted by molar-refractivity contribution is 0.506. The van der Waals surface area contributed by atoms with Crippen LogP contribution in [0.25, 0.3) is 0 Å². The Bertz CT molecular complexity index is 684. The van der Waals surface area contributed by atoms with Crippen LogP contribution in [0.5, 0.6) is 0 Å². The molecular weight excluding hydrogens is 312 g/mol. The third-order valence-electron chi connectivity index (χ3n) is 2.91. The van der Waals surface area contributed by atoms with E-state index < -0.39 is 10.0 Å². The molecule has 7 heteroatoms. The second kappa shape index (κ2) is 7.09. The zero-order valence-electron chi connectivity index (χ0n) is 11.6. The van der Waals surface area contributed by atoms with Gasteiger partial charge >= 0.3 is 0 Å². The van der Waals surface area contributed by atoms with Crippen LogP contribution in [0.15, 0.2) is 45.9 Å². The summed E-state index contributed by atoms with van der Waals surface area (Å²) in [6.45, 7) is 0.828. The molecule has 1 aromatic carbocycles. The van der Waals surface area contributed by atoms with Gasteiger partial charge in [-0.2, -0.15) is 0 Å². The maximum atomic E-state index is 12.3. The summed E-state index contributed by atoms with van der Waals surface area (Å²) in [6.07, 6.45) is 2.04. The van der Waals surface area contributed by atoms with Crippen molar-refractivity contribution in [3.8, 4) is 0 Å². The standard InChI is InChI=1S/C14H17ClN2O3S/c1-16-10-11-4-5-13(15)14(9-11)21(18,19)17-7-6-12-3-2-8-20-12/h2-5,8-9,16-17H,6-7,10H2,1H3. The third-order valence-corrected chi connectivity index (χ3v) is 4.85. The topological polar surface area (TPSA) is 71.3 Å². The van der Waals surface area contributed by atoms with Gasteiger partial charge in [-0.25, -0.2) is 13.1 Å². The average molecular weight is 329 g/mol. The molecule has 1 aromatic heterocycles. The number of hydrogen-bond acceptors (Lipinski definition) is 4. The molecule has 0 radical (unpaired) electrons. The number of rotatable bonds is 7. The lowest BCUT2D eigenvalue weighted by atomic mass is 10.2. The lowest BCUT2D eigenvalue weighted by Crippen LogP contribution is -2.26. The van der Waals surface area contributed by atoms with Crippen LogP contribution in [0.2, 0.25) is 5.02 Å². The van der Waals surface area contributed by atoms with Crippen LogP contribution >= 0.6 is 11.6 Å². The quantitative estimate of drug-likeness (QED) is 0.817. The van der Waals surface area contributed by atoms with Gasteiger partial charge in [0.15, 0.2) is 0 Å². The Labute approximate surface area is 129 Å². The van der Waals surface area contributed by atoms with Crippen molar-refractivity contribution in [3.05, 3.63) is 52.9 Å². The van der Waals surface area contributed by atoms with Gasteiger partial charge < -0.3 is 9.73 Å². The predicted octanol–water partition coefficient (Wildman–Crippen LogP) is 2.17. The van der Waals surface area contributed by atoms with Gasteiger partial charge in [0.05, 0.1) is 11.3 Å². The van der Waals surface area contributed by atoms with Gasteiger partial charge in [0.1, 0.15) is 10.7 Å². The summed E-state index contributed by atoms with van der Waals surface area (Å²) in [4.78, 5) is 0.0939. The molecule has 0 amide bonds. The number of nitrogens with one attached hydrogen (secondary N) is 2. The molecule has 0 saturated carbocycles. The van der Waals surface area contributed by atoms with E-state index in [2.05, 4.69) is 10.0 Å². The fourth-order valence-electron chi connectivity index (χ4n) is 1.91. The second-order valence-corrected chi connectivity index (χ2v) is 6.66. The monoisotopic (exact) mass is 328 g/mol. The minimum absolute atomic E-state index is 0.0939. The molecule has 0 saturated heterocycles. The first-order chi connectivity index (χ1) is 10.0. The maximum absolute atomic E-state index is 12.3. The molecule has 2 aromatic rings. The molecule has 21 heavy (non-hydrogen) atoms. The van der Waals surface area contributed by atoms with Crippen molar-refractivity contribution in [2.45, 2.75) is 17.9 Å². The molecule has 0 aliphatic heterocycles. The number of halogens is 1. The summed E-state index contributed by atoms with van der Waals surface area (Å²) in [5.74, 6) is 0.729. The molecule has 0 bridgehead atoms. The summed E-state index contributed by atoms with van der Waals surface area (Å²) in [7, 11) is -1.84. The molecular formula is C14H17ClN2O3S. The van der Waals surface area contributed by atoms with Gasteiger partial charge in [0, 0.05) is 19.5 Å². The van der Waals surface area contributed by atoms with E-state index in [0.717, 1.165) is 11.3 Å². The Morgan fingerprint density at radius 2 is 2.10 bits per heavy atom. The Morgan fingerprint density at radius 1 is 1.29 bits per heavy atom. The van der Waals surface area contributed by atoms with Crippen molar-refractivity contribution in [1.82, 2.24) is 10.0 Å². The highest BCUT2D eigenvalue weighted by Gasteiger charge is 2.18. The van der Waals surface area contributed by atoms with E-state index in [1.165, 1.54) is 0 Å². The Hall–Kier alpha value is -1.34. The maximum Gasteiger partial charge on any atom is 0.242 e. The highest BCUT2D eigenvalue weighted by atomic mass is 35.5. The van der Waals surface area contributed by atoms with Crippen molar-refractivity contribution in [2.24, 2.45) is 0 Å². The Balaban J connectivity index is 2.09. The molecule has 5 nitrogen and oxygen atoms in total. The van der Waals surface area contributed by atoms with Gasteiger partial charge in [-0.1, -0.05) is 17.7 Å². The summed E-state index contributed by atoms with van der Waals surface area (Å²) >= 11 is 6.00. The molecule has 0 unspecified atom stereocenters. The first kappa shape index (κ1) is 16.0. The van der Waals surface area contributed by atoms with Crippen LogP contribution in [0, 0.1) is 0 Å². The predicted molar refractivity (Wildman–Crippen MR) is 81.8 cm³/mol. The van der Waals surface area contributed by atoms with Crippen molar-refractivity contribution < 1.29 is 12.8 Å². The fourth-order valence-corrected chi connectivity index (χ4v) is 3.49. The van der Waals surface area contributed by atoms with Gasteiger partial charge in [0.25, 0.3) is 0 Å². The summed E-state index contributed by atoms with van der Waals surface area (Å²) in [6, 6.07) is 8.53. The zero-order valence-corrected chi connectivity index (χ0v) is 13.2. The van der Waals surface area contributed by atoms with E-state index >= 15 is 0 Å². The molecule has 0 aliphatic carbocycles. The average Bonchev–Trinajstić information content (AvgIpc) is 2.94. The first-order valence-corrected chi connectivity index (χ1v) is 8.34. The third kappa shape index (κ3) is 4.31. The minimum Gasteiger partial charge on any atom is -0.469 e. The lowest BCUT2D eigenvalue weighted by Gasteiger charge is -2.10. The van der Waals surface area contributed by atoms with Gasteiger partial charge in [-0.3, -0.25) is 0 Å². The van der Waals surface area contributed by atoms with Gasteiger partial charge in [-0.05, 0) is 36.9 Å². The summed E-state index contributed by atoms with van der Waals surface area (Å²) in [5.41, 5.74) is 0.855. The van der Waals surface area contributed by atoms with E-state index in [9.17, 15) is 8.42 Å². The van der Waals surface area contributed by atoms with E-state index in [4.69, 9.17) is 16.0 Å². The smallest absolute Gasteiger partial charge is 0.242 e. The van der Waals surface area contributed by atoms with Crippen LogP contribution in [-0.2, 0) is 23.0 Å². The van der Waals surface area contributed by atoms with Crippen LogP contribution in [0.3, 0.4) is 0 Å². The first-order valence-electron chi connectivity index (χ1n) is 6.48. The molecule has 0 spiro atoms. The molecule has 2 rings (SSSR count). The molecule has 114 valence electrons. The van der Waals surface area contributed by atoms with Crippen LogP contribution in [0.4, 0.5) is 0 Å². The van der Waals surface area contributed by atoms with Crippen LogP contribution in [-0.4, -0.2) is 22.0 Å². The summed E-state index contributed by atoms with van der Waals surface area (Å²) in [5, 5.41) is 3.18. The van der Waals surface area contributed by atoms with E-state index in [1.54, 1.807) is 43.6 Å². The van der Waals surface area contributed by atoms with Crippen molar-refractivity contribution in [2.75, 3.05) is 13.6 Å². The van der Waals surface area contributed by atoms with E-state index in [1.807, 2.05) is 0 Å². The van der Waals surface area contributed by atoms with E-state index in [-0.39, 0.29) is 16.5 Å². The summed E-state index contributed by atoms with van der Waals surface area (Å²) < 4.78 is 32.3. The largest absolute Gasteiger partial charge is 0.469 e. The van der Waals surface area contributed by atoms with Crippen LogP contribution < -0.4 is 10.0 Å². The Kier molecular flexibility index (Phi) is 5.41.